The summed E-state index contributed by atoms with van der Waals surface area (Å²) in [4.78, 5) is 20.6. The molecule has 138 valence electrons. The summed E-state index contributed by atoms with van der Waals surface area (Å²) in [6, 6.07) is 18.7. The average molecular weight is 389 g/mol. The van der Waals surface area contributed by atoms with E-state index in [4.69, 9.17) is 11.6 Å². The Morgan fingerprint density at radius 2 is 1.82 bits per heavy atom. The van der Waals surface area contributed by atoms with Crippen molar-refractivity contribution in [2.75, 3.05) is 10.6 Å². The molecule has 0 aliphatic carbocycles. The third-order valence-corrected chi connectivity index (χ3v) is 4.55. The maximum Gasteiger partial charge on any atom is 0.255 e. The van der Waals surface area contributed by atoms with Gasteiger partial charge in [0.05, 0.1) is 5.52 Å². The summed E-state index contributed by atoms with van der Waals surface area (Å²) in [5, 5.41) is 8.02. The molecule has 0 atom stereocenters. The summed E-state index contributed by atoms with van der Waals surface area (Å²) in [7, 11) is 0. The Kier molecular flexibility index (Phi) is 5.17. The number of hydrogen-bond donors (Lipinski definition) is 2. The van der Waals surface area contributed by atoms with Crippen LogP contribution in [0.5, 0.6) is 0 Å². The zero-order chi connectivity index (χ0) is 19.3. The van der Waals surface area contributed by atoms with Gasteiger partial charge in [0.15, 0.2) is 0 Å². The van der Waals surface area contributed by atoms with Crippen molar-refractivity contribution < 1.29 is 4.79 Å². The molecule has 6 heteroatoms. The molecule has 0 aliphatic heterocycles. The fourth-order valence-electron chi connectivity index (χ4n) is 2.94. The van der Waals surface area contributed by atoms with Crippen molar-refractivity contribution in [1.82, 2.24) is 9.97 Å². The minimum Gasteiger partial charge on any atom is -0.380 e. The molecule has 0 bridgehead atoms. The number of nitrogens with one attached hydrogen (secondary N) is 2. The number of nitrogens with zero attached hydrogens (tertiary/aromatic N) is 2. The van der Waals surface area contributed by atoms with Gasteiger partial charge < -0.3 is 10.6 Å². The predicted octanol–water partition coefficient (Wildman–Crippen LogP) is 5.15. The van der Waals surface area contributed by atoms with Gasteiger partial charge in [-0.15, -0.1) is 0 Å². The van der Waals surface area contributed by atoms with Crippen LogP contribution < -0.4 is 10.6 Å². The van der Waals surface area contributed by atoms with Crippen LogP contribution in [0.15, 0.2) is 79.3 Å². The van der Waals surface area contributed by atoms with Crippen molar-refractivity contribution in [3.8, 4) is 0 Å². The van der Waals surface area contributed by atoms with Gasteiger partial charge in [-0.25, -0.2) is 0 Å². The molecule has 0 unspecified atom stereocenters. The molecule has 0 spiro atoms. The fourth-order valence-corrected chi connectivity index (χ4v) is 3.10. The topological polar surface area (TPSA) is 66.9 Å². The second-order valence-corrected chi connectivity index (χ2v) is 6.70. The van der Waals surface area contributed by atoms with E-state index < -0.39 is 0 Å². The monoisotopic (exact) mass is 388 g/mol. The van der Waals surface area contributed by atoms with Crippen LogP contribution in [0.25, 0.3) is 10.9 Å². The molecule has 4 aromatic rings. The van der Waals surface area contributed by atoms with E-state index >= 15 is 0 Å². The number of rotatable bonds is 5. The number of anilines is 2. The Morgan fingerprint density at radius 3 is 2.68 bits per heavy atom. The summed E-state index contributed by atoms with van der Waals surface area (Å²) < 4.78 is 0. The first-order valence-electron chi connectivity index (χ1n) is 8.77. The summed E-state index contributed by atoms with van der Waals surface area (Å²) in [6.45, 7) is 0.612. The molecule has 0 fully saturated rings. The number of amides is 1. The van der Waals surface area contributed by atoms with Gasteiger partial charge in [0.1, 0.15) is 0 Å². The van der Waals surface area contributed by atoms with Crippen molar-refractivity contribution in [2.24, 2.45) is 0 Å². The predicted molar refractivity (Wildman–Crippen MR) is 113 cm³/mol. The van der Waals surface area contributed by atoms with Gasteiger partial charge >= 0.3 is 0 Å². The van der Waals surface area contributed by atoms with Gasteiger partial charge in [-0.1, -0.05) is 23.7 Å². The van der Waals surface area contributed by atoms with E-state index in [1.807, 2.05) is 48.5 Å². The van der Waals surface area contributed by atoms with Gasteiger partial charge in [0.25, 0.3) is 5.91 Å². The minimum atomic E-state index is -0.162. The highest BCUT2D eigenvalue weighted by Gasteiger charge is 2.07. The molecule has 0 saturated carbocycles. The maximum atomic E-state index is 12.3. The first-order chi connectivity index (χ1) is 13.7. The molecule has 4 rings (SSSR count). The molecule has 2 N–H and O–H groups in total. The lowest BCUT2D eigenvalue weighted by atomic mass is 10.1. The third-order valence-electron chi connectivity index (χ3n) is 4.32. The molecule has 0 aliphatic rings. The fraction of sp³-hybridized carbons (Fsp3) is 0.0455. The van der Waals surface area contributed by atoms with E-state index in [0.717, 1.165) is 27.8 Å². The Hall–Kier alpha value is -3.44. The lowest BCUT2D eigenvalue weighted by Crippen LogP contribution is -2.12. The van der Waals surface area contributed by atoms with Crippen molar-refractivity contribution in [1.29, 1.82) is 0 Å². The van der Waals surface area contributed by atoms with E-state index in [-0.39, 0.29) is 5.91 Å². The van der Waals surface area contributed by atoms with Crippen molar-refractivity contribution in [3.63, 3.8) is 0 Å². The first-order valence-corrected chi connectivity index (χ1v) is 9.15. The number of carbonyl (C=O) groups excluding carboxylic acids is 1. The largest absolute Gasteiger partial charge is 0.380 e. The lowest BCUT2D eigenvalue weighted by Gasteiger charge is -2.11. The van der Waals surface area contributed by atoms with E-state index in [9.17, 15) is 4.79 Å². The SMILES string of the molecule is O=C(Nc1cccc(CNc2ccnc3cc(Cl)ccc23)c1)c1ccncc1. The molecule has 2 aromatic heterocycles. The molecule has 1 amide bonds. The van der Waals surface area contributed by atoms with Crippen LogP contribution in [-0.2, 0) is 6.54 Å². The van der Waals surface area contributed by atoms with Crippen molar-refractivity contribution >= 4 is 39.8 Å². The van der Waals surface area contributed by atoms with Crippen LogP contribution in [0, 0.1) is 0 Å². The van der Waals surface area contributed by atoms with Crippen LogP contribution in [0.3, 0.4) is 0 Å². The maximum absolute atomic E-state index is 12.3. The zero-order valence-corrected chi connectivity index (χ0v) is 15.6. The second kappa shape index (κ2) is 8.06. The minimum absolute atomic E-state index is 0.162. The highest BCUT2D eigenvalue weighted by molar-refractivity contribution is 6.31. The summed E-state index contributed by atoms with van der Waals surface area (Å²) in [5.41, 5.74) is 4.18. The Bertz CT molecular complexity index is 1130. The van der Waals surface area contributed by atoms with Crippen molar-refractivity contribution in [2.45, 2.75) is 6.54 Å². The van der Waals surface area contributed by atoms with E-state index in [1.165, 1.54) is 0 Å². The Balaban J connectivity index is 1.48. The normalized spacial score (nSPS) is 10.6. The molecule has 0 saturated heterocycles. The van der Waals surface area contributed by atoms with Gasteiger partial charge in [0, 0.05) is 52.5 Å². The van der Waals surface area contributed by atoms with E-state index in [2.05, 4.69) is 20.6 Å². The number of carbonyl (C=O) groups is 1. The van der Waals surface area contributed by atoms with Gasteiger partial charge in [0.2, 0.25) is 0 Å². The average Bonchev–Trinajstić information content (AvgIpc) is 2.73. The molecular formula is C22H17ClN4O. The molecule has 5 nitrogen and oxygen atoms in total. The molecular weight excluding hydrogens is 372 g/mol. The van der Waals surface area contributed by atoms with Gasteiger partial charge in [-0.05, 0) is 54.1 Å². The smallest absolute Gasteiger partial charge is 0.255 e. The number of pyridine rings is 2. The number of fused-ring (bicyclic) bond motifs is 1. The van der Waals surface area contributed by atoms with E-state index in [0.29, 0.717) is 17.1 Å². The summed E-state index contributed by atoms with van der Waals surface area (Å²) in [6.07, 6.45) is 4.95. The van der Waals surface area contributed by atoms with Crippen LogP contribution in [0.2, 0.25) is 5.02 Å². The molecule has 0 radical (unpaired) electrons. The van der Waals surface area contributed by atoms with Crippen LogP contribution in [0.4, 0.5) is 11.4 Å². The second-order valence-electron chi connectivity index (χ2n) is 6.26. The number of aromatic nitrogens is 2. The number of halogens is 1. The summed E-state index contributed by atoms with van der Waals surface area (Å²) >= 11 is 6.05. The molecule has 28 heavy (non-hydrogen) atoms. The van der Waals surface area contributed by atoms with Crippen molar-refractivity contribution in [3.05, 3.63) is 95.4 Å². The first kappa shape index (κ1) is 17.9. The third kappa shape index (κ3) is 4.10. The highest BCUT2D eigenvalue weighted by Crippen LogP contribution is 2.25. The van der Waals surface area contributed by atoms with Crippen LogP contribution >= 0.6 is 11.6 Å². The standard InChI is InChI=1S/C22H17ClN4O/c23-17-4-5-19-20(8-11-25-21(19)13-17)26-14-15-2-1-3-18(12-15)27-22(28)16-6-9-24-10-7-16/h1-13H,14H2,(H,25,26)(H,27,28). The van der Waals surface area contributed by atoms with Crippen LogP contribution in [0.1, 0.15) is 15.9 Å². The van der Waals surface area contributed by atoms with E-state index in [1.54, 1.807) is 30.7 Å². The molecule has 2 aromatic carbocycles. The number of hydrogen-bond acceptors (Lipinski definition) is 4. The Morgan fingerprint density at radius 1 is 0.964 bits per heavy atom. The quantitative estimate of drug-likeness (QED) is 0.496. The van der Waals surface area contributed by atoms with Gasteiger partial charge in [-0.3, -0.25) is 14.8 Å². The molecule has 2 heterocycles. The number of benzene rings is 2. The summed E-state index contributed by atoms with van der Waals surface area (Å²) in [5.74, 6) is -0.162. The Labute approximate surface area is 167 Å². The lowest BCUT2D eigenvalue weighted by molar-refractivity contribution is 0.102. The zero-order valence-electron chi connectivity index (χ0n) is 14.9. The highest BCUT2D eigenvalue weighted by atomic mass is 35.5. The van der Waals surface area contributed by atoms with Crippen LogP contribution in [-0.4, -0.2) is 15.9 Å². The van der Waals surface area contributed by atoms with Gasteiger partial charge in [-0.2, -0.15) is 0 Å².